The molecule has 0 aliphatic heterocycles. The van der Waals surface area contributed by atoms with E-state index in [1.807, 2.05) is 31.0 Å². The first-order valence-corrected chi connectivity index (χ1v) is 3.16. The molecule has 0 fully saturated rings. The molecule has 3 heteroatoms. The van der Waals surface area contributed by atoms with Crippen molar-refractivity contribution in [2.24, 2.45) is 4.99 Å². The topological polar surface area (TPSA) is 18.8 Å². The third-order valence-electron chi connectivity index (χ3n) is 1.53. The van der Waals surface area contributed by atoms with E-state index in [1.165, 1.54) is 0 Å². The second kappa shape index (κ2) is 3.93. The highest BCUT2D eigenvalue weighted by atomic mass is 15.6. The lowest BCUT2D eigenvalue weighted by molar-refractivity contribution is 0.174. The van der Waals surface area contributed by atoms with Crippen molar-refractivity contribution in [1.29, 1.82) is 0 Å². The molecule has 0 aliphatic carbocycles. The monoisotopic (exact) mass is 141 g/mol. The van der Waals surface area contributed by atoms with E-state index in [4.69, 9.17) is 0 Å². The van der Waals surface area contributed by atoms with Gasteiger partial charge in [0.05, 0.1) is 0 Å². The zero-order valence-electron chi connectivity index (χ0n) is 7.13. The molecule has 0 saturated heterocycles. The molecular weight excluding hydrogens is 126 g/mol. The number of aliphatic imine (C=N–C) groups is 1. The van der Waals surface area contributed by atoms with Gasteiger partial charge in [0.25, 0.3) is 0 Å². The van der Waals surface area contributed by atoms with Crippen LogP contribution < -0.4 is 0 Å². The van der Waals surface area contributed by atoms with Gasteiger partial charge in [-0.3, -0.25) is 15.0 Å². The van der Waals surface area contributed by atoms with Crippen molar-refractivity contribution in [3.63, 3.8) is 0 Å². The molecule has 0 radical (unpaired) electrons. The summed E-state index contributed by atoms with van der Waals surface area (Å²) in [5.41, 5.74) is 0. The van der Waals surface area contributed by atoms with Crippen LogP contribution in [-0.2, 0) is 0 Å². The van der Waals surface area contributed by atoms with Crippen molar-refractivity contribution >= 4 is 5.84 Å². The Labute approximate surface area is 62.6 Å². The van der Waals surface area contributed by atoms with Crippen molar-refractivity contribution in [2.75, 3.05) is 21.1 Å². The first-order valence-electron chi connectivity index (χ1n) is 3.16. The Morgan fingerprint density at radius 2 is 2.00 bits per heavy atom. The van der Waals surface area contributed by atoms with Crippen LogP contribution in [0.25, 0.3) is 0 Å². The van der Waals surface area contributed by atoms with Gasteiger partial charge in [0.1, 0.15) is 5.84 Å². The van der Waals surface area contributed by atoms with Crippen LogP contribution in [0.1, 0.15) is 6.92 Å². The Hall–Kier alpha value is -0.990. The van der Waals surface area contributed by atoms with Crippen molar-refractivity contribution < 1.29 is 0 Å². The predicted octanol–water partition coefficient (Wildman–Crippen LogP) is 0.957. The third-order valence-corrected chi connectivity index (χ3v) is 1.53. The summed E-state index contributed by atoms with van der Waals surface area (Å²) in [5.74, 6) is 0.961. The Balaban J connectivity index is 4.06. The van der Waals surface area contributed by atoms with Gasteiger partial charge in [-0.1, -0.05) is 6.58 Å². The second-order valence-corrected chi connectivity index (χ2v) is 2.05. The Morgan fingerprint density at radius 3 is 2.30 bits per heavy atom. The number of hydrogen-bond acceptors (Lipinski definition) is 2. The largest absolute Gasteiger partial charge is 0.296 e. The van der Waals surface area contributed by atoms with Gasteiger partial charge in [0.15, 0.2) is 0 Å². The minimum atomic E-state index is 0.961. The number of amidine groups is 1. The van der Waals surface area contributed by atoms with Gasteiger partial charge >= 0.3 is 0 Å². The summed E-state index contributed by atoms with van der Waals surface area (Å²) in [6.07, 6.45) is 1.73. The fraction of sp³-hybridized carbons (Fsp3) is 0.571. The molecule has 10 heavy (non-hydrogen) atoms. The molecule has 0 aromatic rings. The maximum Gasteiger partial charge on any atom is 0.114 e. The van der Waals surface area contributed by atoms with E-state index in [2.05, 4.69) is 11.6 Å². The molecule has 0 unspecified atom stereocenters. The lowest BCUT2D eigenvalue weighted by Crippen LogP contribution is -2.35. The molecule has 0 atom stereocenters. The SMILES string of the molecule is C=CN(C)N(C)C(C)=NC. The summed E-state index contributed by atoms with van der Waals surface area (Å²) >= 11 is 0. The molecule has 0 bridgehead atoms. The molecule has 0 aromatic heterocycles. The van der Waals surface area contributed by atoms with E-state index in [-0.39, 0.29) is 0 Å². The summed E-state index contributed by atoms with van der Waals surface area (Å²) < 4.78 is 0. The van der Waals surface area contributed by atoms with E-state index < -0.39 is 0 Å². The molecule has 0 spiro atoms. The Kier molecular flexibility index (Phi) is 3.54. The average Bonchev–Trinajstić information content (AvgIpc) is 2.00. The van der Waals surface area contributed by atoms with E-state index in [9.17, 15) is 0 Å². The van der Waals surface area contributed by atoms with Gasteiger partial charge in [-0.05, 0) is 6.92 Å². The fourth-order valence-electron chi connectivity index (χ4n) is 0.495. The van der Waals surface area contributed by atoms with Crippen LogP contribution in [0.2, 0.25) is 0 Å². The van der Waals surface area contributed by atoms with Crippen molar-refractivity contribution in [2.45, 2.75) is 6.92 Å². The van der Waals surface area contributed by atoms with Crippen LogP contribution >= 0.6 is 0 Å². The smallest absolute Gasteiger partial charge is 0.114 e. The highest BCUT2D eigenvalue weighted by Gasteiger charge is 1.99. The fourth-order valence-corrected chi connectivity index (χ4v) is 0.495. The predicted molar refractivity (Wildman–Crippen MR) is 44.8 cm³/mol. The number of nitrogens with zero attached hydrogens (tertiary/aromatic N) is 3. The molecule has 0 aromatic carbocycles. The second-order valence-electron chi connectivity index (χ2n) is 2.05. The average molecular weight is 141 g/mol. The molecule has 0 rings (SSSR count). The molecule has 0 saturated carbocycles. The van der Waals surface area contributed by atoms with Crippen LogP contribution in [0.4, 0.5) is 0 Å². The molecule has 3 nitrogen and oxygen atoms in total. The van der Waals surface area contributed by atoms with Crippen molar-refractivity contribution in [3.05, 3.63) is 12.8 Å². The van der Waals surface area contributed by atoms with E-state index in [0.717, 1.165) is 5.84 Å². The van der Waals surface area contributed by atoms with Gasteiger partial charge < -0.3 is 0 Å². The quantitative estimate of drug-likeness (QED) is 0.324. The molecular formula is C7H15N3. The minimum Gasteiger partial charge on any atom is -0.296 e. The maximum absolute atomic E-state index is 4.01. The summed E-state index contributed by atoms with van der Waals surface area (Å²) in [6.45, 7) is 5.57. The highest BCUT2D eigenvalue weighted by molar-refractivity contribution is 5.78. The van der Waals surface area contributed by atoms with Gasteiger partial charge in [-0.2, -0.15) is 0 Å². The maximum atomic E-state index is 4.01. The molecule has 58 valence electrons. The molecule has 0 amide bonds. The highest BCUT2D eigenvalue weighted by Crippen LogP contribution is 1.91. The lowest BCUT2D eigenvalue weighted by atomic mass is 10.6. The van der Waals surface area contributed by atoms with E-state index >= 15 is 0 Å². The van der Waals surface area contributed by atoms with Crippen LogP contribution in [0.15, 0.2) is 17.8 Å². The van der Waals surface area contributed by atoms with Crippen molar-refractivity contribution in [1.82, 2.24) is 10.0 Å². The van der Waals surface area contributed by atoms with Crippen molar-refractivity contribution in [3.8, 4) is 0 Å². The first kappa shape index (κ1) is 9.01. The zero-order chi connectivity index (χ0) is 8.15. The van der Waals surface area contributed by atoms with Crippen LogP contribution in [0.5, 0.6) is 0 Å². The standard InChI is InChI=1S/C7H15N3/c1-6-9(4)10(5)7(2)8-3/h6H,1H2,2-5H3. The molecule has 0 heterocycles. The first-order chi connectivity index (χ1) is 4.63. The van der Waals surface area contributed by atoms with Gasteiger partial charge in [0, 0.05) is 27.3 Å². The zero-order valence-corrected chi connectivity index (χ0v) is 7.13. The number of hydrogen-bond donors (Lipinski definition) is 0. The normalized spacial score (nSPS) is 11.0. The number of hydrazine groups is 1. The molecule has 0 N–H and O–H groups in total. The van der Waals surface area contributed by atoms with E-state index in [0.29, 0.717) is 0 Å². The number of rotatable bonds is 2. The van der Waals surface area contributed by atoms with Crippen LogP contribution in [0, 0.1) is 0 Å². The van der Waals surface area contributed by atoms with E-state index in [1.54, 1.807) is 13.2 Å². The minimum absolute atomic E-state index is 0.961. The van der Waals surface area contributed by atoms with Crippen LogP contribution in [0.3, 0.4) is 0 Å². The Bertz CT molecular complexity index is 140. The summed E-state index contributed by atoms with van der Waals surface area (Å²) in [5, 5.41) is 3.77. The third kappa shape index (κ3) is 2.09. The summed E-state index contributed by atoms with van der Waals surface area (Å²) in [7, 11) is 5.62. The summed E-state index contributed by atoms with van der Waals surface area (Å²) in [6, 6.07) is 0. The van der Waals surface area contributed by atoms with Gasteiger partial charge in [-0.15, -0.1) is 0 Å². The Morgan fingerprint density at radius 1 is 1.50 bits per heavy atom. The lowest BCUT2D eigenvalue weighted by Gasteiger charge is -2.27. The molecule has 0 aliphatic rings. The van der Waals surface area contributed by atoms with Crippen LogP contribution in [-0.4, -0.2) is 37.0 Å². The van der Waals surface area contributed by atoms with Gasteiger partial charge in [0.2, 0.25) is 0 Å². The van der Waals surface area contributed by atoms with Gasteiger partial charge in [-0.25, -0.2) is 0 Å². The summed E-state index contributed by atoms with van der Waals surface area (Å²) in [4.78, 5) is 4.01.